The molecule has 0 amide bonds. The van der Waals surface area contributed by atoms with Crippen molar-refractivity contribution in [3.8, 4) is 0 Å². The van der Waals surface area contributed by atoms with Crippen LogP contribution in [0, 0.1) is 5.21 Å². The summed E-state index contributed by atoms with van der Waals surface area (Å²) in [5.74, 6) is 0.210. The molecular formula is C17H21N3O3. The zero-order chi connectivity index (χ0) is 20.9. The molecule has 23 heavy (non-hydrogen) atoms. The number of aromatic nitrogens is 3. The van der Waals surface area contributed by atoms with Crippen LogP contribution in [0.15, 0.2) is 30.5 Å². The van der Waals surface area contributed by atoms with E-state index in [4.69, 9.17) is 11.6 Å². The Bertz CT molecular complexity index is 1020. The van der Waals surface area contributed by atoms with Crippen molar-refractivity contribution in [3.63, 3.8) is 0 Å². The number of rotatable bonds is 5. The predicted octanol–water partition coefficient (Wildman–Crippen LogP) is 2.13. The van der Waals surface area contributed by atoms with Crippen molar-refractivity contribution < 1.29 is 21.4 Å². The molecule has 2 heterocycles. The first-order valence-corrected chi connectivity index (χ1v) is 7.16. The Morgan fingerprint density at radius 2 is 2.26 bits per heavy atom. The first kappa shape index (κ1) is 10.6. The van der Waals surface area contributed by atoms with Gasteiger partial charge >= 0.3 is 0 Å². The highest BCUT2D eigenvalue weighted by atomic mass is 16.5. The summed E-state index contributed by atoms with van der Waals surface area (Å²) in [5.41, 5.74) is 0.191. The Labute approximate surface area is 141 Å². The van der Waals surface area contributed by atoms with E-state index in [0.29, 0.717) is 26.7 Å². The second kappa shape index (κ2) is 5.79. The molecule has 0 fully saturated rings. The van der Waals surface area contributed by atoms with Crippen LogP contribution in [0.5, 0.6) is 0 Å². The van der Waals surface area contributed by atoms with Gasteiger partial charge in [0.2, 0.25) is 11.7 Å². The van der Waals surface area contributed by atoms with E-state index in [1.54, 1.807) is 42.7 Å². The van der Waals surface area contributed by atoms with E-state index in [1.807, 2.05) is 0 Å². The van der Waals surface area contributed by atoms with Gasteiger partial charge in [-0.3, -0.25) is 0 Å². The molecule has 0 saturated carbocycles. The summed E-state index contributed by atoms with van der Waals surface area (Å²) in [7, 11) is 0. The monoisotopic (exact) mass is 320 g/mol. The van der Waals surface area contributed by atoms with Gasteiger partial charge in [-0.1, -0.05) is 12.1 Å². The summed E-state index contributed by atoms with van der Waals surface area (Å²) in [6.07, 6.45) is 1.29. The maximum atomic E-state index is 12.3. The Morgan fingerprint density at radius 3 is 3.00 bits per heavy atom. The number of ether oxygens (including phenoxy) is 1. The molecule has 6 nitrogen and oxygen atoms in total. The minimum Gasteiger partial charge on any atom is -0.618 e. The molecule has 0 aliphatic carbocycles. The molecule has 0 bridgehead atoms. The van der Waals surface area contributed by atoms with Crippen LogP contribution < -0.4 is 4.73 Å². The normalized spacial score (nSPS) is 16.7. The summed E-state index contributed by atoms with van der Waals surface area (Å²) >= 11 is 0. The van der Waals surface area contributed by atoms with Gasteiger partial charge in [-0.15, -0.1) is 0 Å². The van der Waals surface area contributed by atoms with E-state index in [1.165, 1.54) is 6.20 Å². The molecule has 6 heteroatoms. The third-order valence-corrected chi connectivity index (χ3v) is 3.53. The van der Waals surface area contributed by atoms with Gasteiger partial charge in [-0.25, -0.2) is 4.98 Å². The average Bonchev–Trinajstić information content (AvgIpc) is 2.88. The summed E-state index contributed by atoms with van der Waals surface area (Å²) < 4.78 is 44.4. The van der Waals surface area contributed by atoms with Crippen molar-refractivity contribution in [3.05, 3.63) is 41.5 Å². The van der Waals surface area contributed by atoms with Crippen LogP contribution in [0.1, 0.15) is 33.4 Å². The van der Waals surface area contributed by atoms with Crippen LogP contribution >= 0.6 is 0 Å². The van der Waals surface area contributed by atoms with Crippen molar-refractivity contribution in [1.82, 2.24) is 9.55 Å². The third kappa shape index (κ3) is 3.00. The van der Waals surface area contributed by atoms with E-state index >= 15 is 0 Å². The van der Waals surface area contributed by atoms with E-state index in [0.717, 1.165) is 0 Å². The van der Waals surface area contributed by atoms with Gasteiger partial charge < -0.3 is 19.6 Å². The maximum absolute atomic E-state index is 12.3. The Balaban J connectivity index is 2.17. The molecule has 2 aromatic heterocycles. The molecule has 3 aromatic rings. The molecule has 0 unspecified atom stereocenters. The quantitative estimate of drug-likeness (QED) is 0.577. The Morgan fingerprint density at radius 1 is 1.48 bits per heavy atom. The second-order valence-electron chi connectivity index (χ2n) is 6.02. The van der Waals surface area contributed by atoms with Crippen LogP contribution in [-0.4, -0.2) is 26.8 Å². The van der Waals surface area contributed by atoms with E-state index in [-0.39, 0.29) is 12.4 Å². The van der Waals surface area contributed by atoms with Crippen LogP contribution in [0.4, 0.5) is 0 Å². The molecule has 0 atom stereocenters. The number of benzene rings is 1. The molecule has 1 aromatic carbocycles. The average molecular weight is 320 g/mol. The van der Waals surface area contributed by atoms with Gasteiger partial charge in [0.15, 0.2) is 5.52 Å². The largest absolute Gasteiger partial charge is 0.618 e. The smallest absolute Gasteiger partial charge is 0.226 e. The van der Waals surface area contributed by atoms with Crippen LogP contribution in [0.3, 0.4) is 0 Å². The van der Waals surface area contributed by atoms with Crippen molar-refractivity contribution in [1.29, 1.82) is 0 Å². The molecule has 122 valence electrons. The number of aliphatic hydroxyl groups is 1. The van der Waals surface area contributed by atoms with Gasteiger partial charge in [0.25, 0.3) is 0 Å². The molecule has 0 aliphatic heterocycles. The van der Waals surface area contributed by atoms with Crippen LogP contribution in [0.25, 0.3) is 21.9 Å². The SMILES string of the molecule is [2H]C([2H])([2H])C([2H])([2H])OCc1nc2c[n+]([O-])c3ccccc3c2n1CC(C)(C)O. The van der Waals surface area contributed by atoms with E-state index < -0.39 is 25.6 Å². The van der Waals surface area contributed by atoms with Crippen molar-refractivity contribution in [2.45, 2.75) is 39.5 Å². The van der Waals surface area contributed by atoms with Crippen LogP contribution in [0.2, 0.25) is 0 Å². The number of para-hydroxylation sites is 1. The number of nitrogens with zero attached hydrogens (tertiary/aromatic N) is 3. The Hall–Kier alpha value is -2.18. The number of pyridine rings is 1. The van der Waals surface area contributed by atoms with Gasteiger partial charge in [0.1, 0.15) is 12.4 Å². The third-order valence-electron chi connectivity index (χ3n) is 3.53. The highest BCUT2D eigenvalue weighted by molar-refractivity contribution is 6.00. The van der Waals surface area contributed by atoms with Crippen molar-refractivity contribution in [2.75, 3.05) is 6.56 Å². The van der Waals surface area contributed by atoms with Gasteiger partial charge in [-0.05, 0) is 26.8 Å². The summed E-state index contributed by atoms with van der Waals surface area (Å²) in [4.78, 5) is 4.35. The minimum absolute atomic E-state index is 0.0891. The molecule has 0 radical (unpaired) electrons. The molecule has 1 N–H and O–H groups in total. The number of hydrogen-bond donors (Lipinski definition) is 1. The van der Waals surface area contributed by atoms with Gasteiger partial charge in [0, 0.05) is 16.7 Å². The molecule has 3 rings (SSSR count). The van der Waals surface area contributed by atoms with Gasteiger partial charge in [0.05, 0.1) is 25.8 Å². The lowest BCUT2D eigenvalue weighted by atomic mass is 10.1. The lowest BCUT2D eigenvalue weighted by molar-refractivity contribution is -0.575. The number of fused-ring (bicyclic) bond motifs is 3. The lowest BCUT2D eigenvalue weighted by Gasteiger charge is -2.20. The first-order valence-electron chi connectivity index (χ1n) is 9.66. The zero-order valence-electron chi connectivity index (χ0n) is 17.9. The van der Waals surface area contributed by atoms with Gasteiger partial charge in [-0.2, -0.15) is 4.73 Å². The standard InChI is InChI=1S/C17H21N3O3/c1-4-23-10-15-18-13-9-20(22)14-8-6-5-7-12(14)16(13)19(15)11-17(2,3)21/h5-9,21H,4,10-11H2,1-3H3/i1D3,4D2. The Kier molecular flexibility index (Phi) is 2.66. The predicted molar refractivity (Wildman–Crippen MR) is 87.8 cm³/mol. The fourth-order valence-corrected chi connectivity index (χ4v) is 2.71. The minimum atomic E-state index is -2.97. The van der Waals surface area contributed by atoms with Crippen molar-refractivity contribution in [2.24, 2.45) is 0 Å². The summed E-state index contributed by atoms with van der Waals surface area (Å²) in [5, 5.41) is 23.2. The first-order chi connectivity index (χ1) is 12.8. The topological polar surface area (TPSA) is 74.2 Å². The molecular weight excluding hydrogens is 294 g/mol. The lowest BCUT2D eigenvalue weighted by Crippen LogP contribution is -2.28. The fraction of sp³-hybridized carbons (Fsp3) is 0.412. The molecule has 0 saturated heterocycles. The number of hydrogen-bond acceptors (Lipinski definition) is 4. The second-order valence-corrected chi connectivity index (χ2v) is 6.02. The summed E-state index contributed by atoms with van der Waals surface area (Å²) in [6, 6.07) is 6.91. The van der Waals surface area contributed by atoms with Crippen molar-refractivity contribution >= 4 is 21.9 Å². The number of imidazole rings is 1. The van der Waals surface area contributed by atoms with E-state index in [9.17, 15) is 10.3 Å². The summed E-state index contributed by atoms with van der Waals surface area (Å²) in [6.45, 7) is -2.99. The maximum Gasteiger partial charge on any atom is 0.226 e. The zero-order valence-corrected chi connectivity index (χ0v) is 12.9. The fourth-order valence-electron chi connectivity index (χ4n) is 2.71. The van der Waals surface area contributed by atoms with Crippen LogP contribution in [-0.2, 0) is 17.9 Å². The molecule has 0 aliphatic rings. The molecule has 0 spiro atoms. The highest BCUT2D eigenvalue weighted by Crippen LogP contribution is 2.25. The highest BCUT2D eigenvalue weighted by Gasteiger charge is 2.22. The van der Waals surface area contributed by atoms with E-state index in [2.05, 4.69) is 4.98 Å².